The summed E-state index contributed by atoms with van der Waals surface area (Å²) >= 11 is 0. The van der Waals surface area contributed by atoms with Crippen molar-refractivity contribution in [3.8, 4) is 17.1 Å². The standard InChI is InChI=1S/C21H25N9O3/c1-24-19(31)16-14(10-15(27-28-16)21(6-7-21)20(23)32)26-13-5-3-4-12(17(13)33-2)18-25-11-30(29-18)9-8-22/h3-5,10-11H,6-9,22H2,1-2H3,(H2,23,32)(H,24,31)(H,26,27). The number of ether oxygens (including phenoxy) is 1. The fraction of sp³-hybridized carbons (Fsp3) is 0.333. The molecule has 3 aromatic rings. The molecule has 2 heterocycles. The molecule has 0 aliphatic heterocycles. The molecular weight excluding hydrogens is 426 g/mol. The molecule has 12 heteroatoms. The van der Waals surface area contributed by atoms with E-state index in [-0.39, 0.29) is 5.69 Å². The number of anilines is 2. The number of carbonyl (C=O) groups is 2. The molecule has 0 radical (unpaired) electrons. The molecule has 0 atom stereocenters. The highest BCUT2D eigenvalue weighted by atomic mass is 16.5. The largest absolute Gasteiger partial charge is 0.494 e. The van der Waals surface area contributed by atoms with Gasteiger partial charge in [-0.05, 0) is 31.0 Å². The Morgan fingerprint density at radius 3 is 2.67 bits per heavy atom. The van der Waals surface area contributed by atoms with Crippen LogP contribution in [0.15, 0.2) is 30.6 Å². The van der Waals surface area contributed by atoms with Crippen molar-refractivity contribution in [1.29, 1.82) is 0 Å². The molecule has 4 rings (SSSR count). The van der Waals surface area contributed by atoms with Crippen LogP contribution in [0.3, 0.4) is 0 Å². The Morgan fingerprint density at radius 1 is 1.24 bits per heavy atom. The van der Waals surface area contributed by atoms with E-state index in [4.69, 9.17) is 16.2 Å². The average molecular weight is 451 g/mol. The normalized spacial score (nSPS) is 13.9. The third kappa shape index (κ3) is 4.07. The number of carbonyl (C=O) groups excluding carboxylic acids is 2. The van der Waals surface area contributed by atoms with E-state index in [9.17, 15) is 9.59 Å². The number of aromatic nitrogens is 5. The molecule has 2 aromatic heterocycles. The van der Waals surface area contributed by atoms with Gasteiger partial charge >= 0.3 is 0 Å². The molecule has 33 heavy (non-hydrogen) atoms. The number of hydrogen-bond acceptors (Lipinski definition) is 9. The number of benzene rings is 1. The fourth-order valence-corrected chi connectivity index (χ4v) is 3.60. The maximum absolute atomic E-state index is 12.4. The molecule has 1 fully saturated rings. The van der Waals surface area contributed by atoms with Gasteiger partial charge in [0.25, 0.3) is 5.91 Å². The molecule has 172 valence electrons. The number of methoxy groups -OCH3 is 1. The molecule has 1 saturated carbocycles. The number of nitrogens with two attached hydrogens (primary N) is 2. The van der Waals surface area contributed by atoms with Crippen molar-refractivity contribution < 1.29 is 14.3 Å². The van der Waals surface area contributed by atoms with Gasteiger partial charge in [0.05, 0.1) is 41.7 Å². The second-order valence-corrected chi connectivity index (χ2v) is 7.65. The summed E-state index contributed by atoms with van der Waals surface area (Å²) < 4.78 is 7.31. The summed E-state index contributed by atoms with van der Waals surface area (Å²) in [5, 5.41) is 18.4. The van der Waals surface area contributed by atoms with Gasteiger partial charge in [-0.3, -0.25) is 14.3 Å². The maximum Gasteiger partial charge on any atom is 0.273 e. The SMILES string of the molecule is CNC(=O)c1nnc(C2(C(N)=O)CC2)cc1Nc1cccc(-c2ncn(CCN)n2)c1OC. The van der Waals surface area contributed by atoms with Gasteiger partial charge in [-0.15, -0.1) is 5.10 Å². The van der Waals surface area contributed by atoms with Crippen molar-refractivity contribution in [1.82, 2.24) is 30.3 Å². The lowest BCUT2D eigenvalue weighted by Crippen LogP contribution is -2.30. The van der Waals surface area contributed by atoms with Crippen molar-refractivity contribution in [3.63, 3.8) is 0 Å². The van der Waals surface area contributed by atoms with Crippen molar-refractivity contribution in [2.45, 2.75) is 24.8 Å². The van der Waals surface area contributed by atoms with Crippen LogP contribution >= 0.6 is 0 Å². The van der Waals surface area contributed by atoms with E-state index in [0.717, 1.165) is 0 Å². The van der Waals surface area contributed by atoms with Crippen molar-refractivity contribution >= 4 is 23.2 Å². The first-order chi connectivity index (χ1) is 15.9. The highest BCUT2D eigenvalue weighted by molar-refractivity contribution is 5.99. The minimum atomic E-state index is -0.851. The monoisotopic (exact) mass is 451 g/mol. The lowest BCUT2D eigenvalue weighted by atomic mass is 10.0. The zero-order valence-electron chi connectivity index (χ0n) is 18.3. The minimum Gasteiger partial charge on any atom is -0.494 e. The number of amides is 2. The number of para-hydroxylation sites is 1. The Kier molecular flexibility index (Phi) is 5.92. The van der Waals surface area contributed by atoms with Crippen LogP contribution in [0.25, 0.3) is 11.4 Å². The van der Waals surface area contributed by atoms with E-state index in [1.54, 1.807) is 23.1 Å². The van der Waals surface area contributed by atoms with Gasteiger partial charge in [0, 0.05) is 13.6 Å². The third-order valence-electron chi connectivity index (χ3n) is 5.57. The second kappa shape index (κ2) is 8.82. The summed E-state index contributed by atoms with van der Waals surface area (Å²) in [5.74, 6) is 0.0434. The van der Waals surface area contributed by atoms with E-state index in [0.29, 0.717) is 60.1 Å². The molecule has 1 aliphatic rings. The van der Waals surface area contributed by atoms with E-state index in [1.807, 2.05) is 12.1 Å². The van der Waals surface area contributed by atoms with Crippen LogP contribution in [0.5, 0.6) is 5.75 Å². The van der Waals surface area contributed by atoms with Gasteiger partial charge < -0.3 is 26.8 Å². The number of rotatable bonds is 9. The summed E-state index contributed by atoms with van der Waals surface area (Å²) in [6, 6.07) is 7.06. The summed E-state index contributed by atoms with van der Waals surface area (Å²) in [6.07, 6.45) is 2.78. The molecular formula is C21H25N9O3. The lowest BCUT2D eigenvalue weighted by Gasteiger charge is -2.17. The highest BCUT2D eigenvalue weighted by Gasteiger charge is 2.52. The molecule has 0 saturated heterocycles. The fourth-order valence-electron chi connectivity index (χ4n) is 3.60. The number of nitrogens with zero attached hydrogens (tertiary/aromatic N) is 5. The minimum absolute atomic E-state index is 0.0688. The Balaban J connectivity index is 1.76. The molecule has 0 bridgehead atoms. The van der Waals surface area contributed by atoms with Gasteiger partial charge in [-0.1, -0.05) is 6.07 Å². The van der Waals surface area contributed by atoms with Crippen LogP contribution in [0.2, 0.25) is 0 Å². The van der Waals surface area contributed by atoms with Crippen LogP contribution in [-0.2, 0) is 16.8 Å². The smallest absolute Gasteiger partial charge is 0.273 e. The predicted octanol–water partition coefficient (Wildman–Crippen LogP) is 0.322. The molecule has 1 aromatic carbocycles. The zero-order chi connectivity index (χ0) is 23.6. The summed E-state index contributed by atoms with van der Waals surface area (Å²) in [6.45, 7) is 0.976. The topological polar surface area (TPSA) is 176 Å². The van der Waals surface area contributed by atoms with Gasteiger partial charge in [0.15, 0.2) is 17.3 Å². The van der Waals surface area contributed by atoms with Crippen molar-refractivity contribution in [3.05, 3.63) is 42.0 Å². The lowest BCUT2D eigenvalue weighted by molar-refractivity contribution is -0.120. The molecule has 1 aliphatic carbocycles. The quantitative estimate of drug-likeness (QED) is 0.357. The van der Waals surface area contributed by atoms with E-state index < -0.39 is 17.2 Å². The first kappa shape index (κ1) is 22.1. The van der Waals surface area contributed by atoms with Crippen LogP contribution < -0.4 is 26.8 Å². The molecule has 2 amide bonds. The summed E-state index contributed by atoms with van der Waals surface area (Å²) in [4.78, 5) is 28.8. The van der Waals surface area contributed by atoms with Crippen LogP contribution in [-0.4, -0.2) is 57.5 Å². The molecule has 6 N–H and O–H groups in total. The predicted molar refractivity (Wildman–Crippen MR) is 120 cm³/mol. The number of hydrogen-bond donors (Lipinski definition) is 4. The number of primary amides is 1. The third-order valence-corrected chi connectivity index (χ3v) is 5.57. The molecule has 0 unspecified atom stereocenters. The van der Waals surface area contributed by atoms with Crippen molar-refractivity contribution in [2.75, 3.05) is 26.0 Å². The Labute approximate surface area is 189 Å². The second-order valence-electron chi connectivity index (χ2n) is 7.65. The Morgan fingerprint density at radius 2 is 2.03 bits per heavy atom. The first-order valence-electron chi connectivity index (χ1n) is 10.4. The Bertz CT molecular complexity index is 1200. The average Bonchev–Trinajstić information content (AvgIpc) is 3.52. The van der Waals surface area contributed by atoms with E-state index in [2.05, 4.69) is 30.9 Å². The van der Waals surface area contributed by atoms with E-state index in [1.165, 1.54) is 14.2 Å². The zero-order valence-corrected chi connectivity index (χ0v) is 18.3. The van der Waals surface area contributed by atoms with Gasteiger partial charge in [0.2, 0.25) is 5.91 Å². The molecule has 12 nitrogen and oxygen atoms in total. The maximum atomic E-state index is 12.4. The Hall–Kier alpha value is -4.06. The van der Waals surface area contributed by atoms with Crippen LogP contribution in [0.1, 0.15) is 29.0 Å². The van der Waals surface area contributed by atoms with Gasteiger partial charge in [-0.25, -0.2) is 4.98 Å². The van der Waals surface area contributed by atoms with E-state index >= 15 is 0 Å². The first-order valence-corrected chi connectivity index (χ1v) is 10.4. The molecule has 0 spiro atoms. The number of nitrogens with one attached hydrogen (secondary N) is 2. The van der Waals surface area contributed by atoms with Crippen molar-refractivity contribution in [2.24, 2.45) is 11.5 Å². The van der Waals surface area contributed by atoms with Crippen LogP contribution in [0, 0.1) is 0 Å². The highest BCUT2D eigenvalue weighted by Crippen LogP contribution is 2.48. The van der Waals surface area contributed by atoms with Gasteiger partial charge in [0.1, 0.15) is 6.33 Å². The van der Waals surface area contributed by atoms with Gasteiger partial charge in [-0.2, -0.15) is 10.2 Å². The van der Waals surface area contributed by atoms with Crippen LogP contribution in [0.4, 0.5) is 11.4 Å². The summed E-state index contributed by atoms with van der Waals surface area (Å²) in [7, 11) is 3.03. The summed E-state index contributed by atoms with van der Waals surface area (Å²) in [5.41, 5.74) is 12.4.